The van der Waals surface area contributed by atoms with Crippen molar-refractivity contribution in [2.75, 3.05) is 13.2 Å². The van der Waals surface area contributed by atoms with E-state index in [1.54, 1.807) is 4.57 Å². The minimum absolute atomic E-state index is 0.0773. The molecule has 3 rings (SSSR count). The lowest BCUT2D eigenvalue weighted by molar-refractivity contribution is 0.351. The number of aromatic nitrogens is 2. The van der Waals surface area contributed by atoms with E-state index >= 15 is 0 Å². The van der Waals surface area contributed by atoms with Gasteiger partial charge in [-0.25, -0.2) is 4.79 Å². The van der Waals surface area contributed by atoms with E-state index in [-0.39, 0.29) is 23.8 Å². The molecule has 2 atom stereocenters. The van der Waals surface area contributed by atoms with E-state index in [4.69, 9.17) is 9.47 Å². The van der Waals surface area contributed by atoms with E-state index in [1.165, 1.54) is 30.3 Å². The van der Waals surface area contributed by atoms with Crippen LogP contribution in [-0.4, -0.2) is 39.7 Å². The highest BCUT2D eigenvalue weighted by molar-refractivity contribution is 5.21. The zero-order chi connectivity index (χ0) is 16.2. The van der Waals surface area contributed by atoms with Crippen LogP contribution in [0.1, 0.15) is 51.1 Å². The highest BCUT2D eigenvalue weighted by Crippen LogP contribution is 2.24. The fraction of sp³-hybridized carbons (Fsp3) is 0.824. The van der Waals surface area contributed by atoms with Crippen LogP contribution in [0.3, 0.4) is 0 Å². The molecule has 2 unspecified atom stereocenters. The molecule has 130 valence electrons. The molecule has 0 aliphatic carbocycles. The van der Waals surface area contributed by atoms with E-state index < -0.39 is 0 Å². The quantitative estimate of drug-likeness (QED) is 0.499. The maximum atomic E-state index is 12.6. The summed E-state index contributed by atoms with van der Waals surface area (Å²) >= 11 is 0. The maximum absolute atomic E-state index is 12.6. The Kier molecular flexibility index (Phi) is 5.43. The Labute approximate surface area is 137 Å². The van der Waals surface area contributed by atoms with Gasteiger partial charge in [0.1, 0.15) is 0 Å². The van der Waals surface area contributed by atoms with Crippen LogP contribution in [-0.2, 0) is 29.0 Å². The van der Waals surface area contributed by atoms with Gasteiger partial charge in [-0.3, -0.25) is 9.13 Å². The zero-order valence-electron chi connectivity index (χ0n) is 14.0. The summed E-state index contributed by atoms with van der Waals surface area (Å²) in [7, 11) is 0. The Hall–Kier alpha value is -1.27. The molecule has 0 spiro atoms. The molecule has 2 aliphatic heterocycles. The maximum Gasteiger partial charge on any atom is 0.331 e. The average Bonchev–Trinajstić information content (AvgIpc) is 3.43. The molecular weight excluding hydrogens is 296 g/mol. The molecule has 1 N–H and O–H groups in total. The molecule has 0 amide bonds. The average molecular weight is 324 g/mol. The van der Waals surface area contributed by atoms with Gasteiger partial charge >= 0.3 is 5.69 Å². The number of hydrogen-bond acceptors (Lipinski definition) is 4. The largest absolute Gasteiger partial charge is 0.493 e. The van der Waals surface area contributed by atoms with Crippen LogP contribution >= 0.6 is 0 Å². The molecule has 0 aromatic carbocycles. The van der Waals surface area contributed by atoms with Gasteiger partial charge in [0.25, 0.3) is 0 Å². The van der Waals surface area contributed by atoms with E-state index in [1.807, 2.05) is 0 Å². The van der Waals surface area contributed by atoms with Gasteiger partial charge in [0, 0.05) is 0 Å². The number of nitrogens with zero attached hydrogens (tertiary/aromatic N) is 2. The molecule has 0 saturated carbocycles. The van der Waals surface area contributed by atoms with E-state index in [0.717, 1.165) is 25.0 Å². The summed E-state index contributed by atoms with van der Waals surface area (Å²) in [5, 5.41) is 10.5. The molecular formula is C17H28N2O4. The van der Waals surface area contributed by atoms with E-state index in [2.05, 4.69) is 6.92 Å². The third-order valence-electron chi connectivity index (χ3n) is 4.65. The number of epoxide rings is 2. The summed E-state index contributed by atoms with van der Waals surface area (Å²) in [5.74, 6) is 0.125. The van der Waals surface area contributed by atoms with Crippen molar-refractivity contribution in [3.8, 4) is 5.88 Å². The predicted molar refractivity (Wildman–Crippen MR) is 86.9 cm³/mol. The fourth-order valence-electron chi connectivity index (χ4n) is 3.05. The van der Waals surface area contributed by atoms with Crippen LogP contribution in [0.25, 0.3) is 0 Å². The smallest absolute Gasteiger partial charge is 0.331 e. The number of ether oxygens (including phenoxy) is 2. The molecule has 1 aromatic heterocycles. The minimum atomic E-state index is -0.130. The second-order valence-electron chi connectivity index (χ2n) is 6.70. The molecule has 2 saturated heterocycles. The molecule has 6 heteroatoms. The van der Waals surface area contributed by atoms with Crippen LogP contribution in [0.2, 0.25) is 0 Å². The number of hydrogen-bond donors (Lipinski definition) is 1. The van der Waals surface area contributed by atoms with Gasteiger partial charge in [0.15, 0.2) is 0 Å². The lowest BCUT2D eigenvalue weighted by Crippen LogP contribution is -2.28. The van der Waals surface area contributed by atoms with Crippen LogP contribution < -0.4 is 5.69 Å². The first-order chi connectivity index (χ1) is 11.2. The van der Waals surface area contributed by atoms with Crippen LogP contribution in [0.5, 0.6) is 5.88 Å². The molecule has 2 fully saturated rings. The van der Waals surface area contributed by atoms with Crippen molar-refractivity contribution in [3.05, 3.63) is 16.2 Å². The summed E-state index contributed by atoms with van der Waals surface area (Å²) in [6.07, 6.45) is 8.12. The molecule has 2 aliphatic rings. The summed E-state index contributed by atoms with van der Waals surface area (Å²) in [4.78, 5) is 12.6. The van der Waals surface area contributed by atoms with Gasteiger partial charge in [-0.1, -0.05) is 39.0 Å². The Balaban J connectivity index is 1.64. The second kappa shape index (κ2) is 7.53. The van der Waals surface area contributed by atoms with Crippen molar-refractivity contribution in [1.82, 2.24) is 9.13 Å². The Morgan fingerprint density at radius 1 is 1.00 bits per heavy atom. The Morgan fingerprint density at radius 2 is 1.57 bits per heavy atom. The van der Waals surface area contributed by atoms with Gasteiger partial charge in [-0.15, -0.1) is 0 Å². The van der Waals surface area contributed by atoms with Crippen LogP contribution in [0.15, 0.2) is 4.79 Å². The third-order valence-corrected chi connectivity index (χ3v) is 4.65. The molecule has 23 heavy (non-hydrogen) atoms. The SMILES string of the molecule is CCCCCCCCc1c(O)n(CC2CO2)c(=O)n1CC1CO1. The summed E-state index contributed by atoms with van der Waals surface area (Å²) < 4.78 is 13.6. The first kappa shape index (κ1) is 16.6. The van der Waals surface area contributed by atoms with Crippen LogP contribution in [0.4, 0.5) is 0 Å². The monoisotopic (exact) mass is 324 g/mol. The van der Waals surface area contributed by atoms with Gasteiger partial charge in [0.2, 0.25) is 5.88 Å². The normalized spacial score (nSPS) is 22.5. The predicted octanol–water partition coefficient (Wildman–Crippen LogP) is 2.06. The lowest BCUT2D eigenvalue weighted by atomic mass is 10.1. The zero-order valence-corrected chi connectivity index (χ0v) is 14.0. The molecule has 3 heterocycles. The van der Waals surface area contributed by atoms with Gasteiger partial charge < -0.3 is 14.6 Å². The first-order valence-corrected chi connectivity index (χ1v) is 8.95. The molecule has 6 nitrogen and oxygen atoms in total. The van der Waals surface area contributed by atoms with Gasteiger partial charge in [0.05, 0.1) is 44.2 Å². The summed E-state index contributed by atoms with van der Waals surface area (Å²) in [6, 6.07) is 0. The first-order valence-electron chi connectivity index (χ1n) is 8.95. The van der Waals surface area contributed by atoms with Crippen molar-refractivity contribution in [2.24, 2.45) is 0 Å². The Morgan fingerprint density at radius 3 is 2.17 bits per heavy atom. The highest BCUT2D eigenvalue weighted by Gasteiger charge is 2.30. The van der Waals surface area contributed by atoms with Crippen LogP contribution in [0, 0.1) is 0 Å². The summed E-state index contributed by atoms with van der Waals surface area (Å²) in [5.41, 5.74) is 0.635. The topological polar surface area (TPSA) is 72.2 Å². The molecule has 1 aromatic rings. The van der Waals surface area contributed by atoms with Gasteiger partial charge in [-0.05, 0) is 12.8 Å². The summed E-state index contributed by atoms with van der Waals surface area (Å²) in [6.45, 7) is 4.60. The standard InChI is InChI=1S/C17H28N2O4/c1-2-3-4-5-6-7-8-15-16(20)19(10-14-12-23-14)17(21)18(15)9-13-11-22-13/h13-14,20H,2-12H2,1H3. The molecule has 0 bridgehead atoms. The van der Waals surface area contributed by atoms with Crippen molar-refractivity contribution >= 4 is 0 Å². The van der Waals surface area contributed by atoms with E-state index in [0.29, 0.717) is 26.3 Å². The van der Waals surface area contributed by atoms with Crippen molar-refractivity contribution in [2.45, 2.75) is 77.2 Å². The number of aromatic hydroxyl groups is 1. The number of rotatable bonds is 11. The number of imidazole rings is 1. The van der Waals surface area contributed by atoms with Crippen molar-refractivity contribution in [3.63, 3.8) is 0 Å². The molecule has 0 radical (unpaired) electrons. The van der Waals surface area contributed by atoms with Crippen molar-refractivity contribution < 1.29 is 14.6 Å². The van der Waals surface area contributed by atoms with Crippen molar-refractivity contribution in [1.29, 1.82) is 0 Å². The van der Waals surface area contributed by atoms with E-state index in [9.17, 15) is 9.90 Å². The third kappa shape index (κ3) is 4.38. The fourth-order valence-corrected chi connectivity index (χ4v) is 3.05. The Bertz CT molecular complexity index is 570. The second-order valence-corrected chi connectivity index (χ2v) is 6.70. The highest BCUT2D eigenvalue weighted by atomic mass is 16.6. The minimum Gasteiger partial charge on any atom is -0.493 e. The lowest BCUT2D eigenvalue weighted by Gasteiger charge is -2.06. The number of unbranched alkanes of at least 4 members (excludes halogenated alkanes) is 5. The van der Waals surface area contributed by atoms with Gasteiger partial charge in [-0.2, -0.15) is 0 Å².